The summed E-state index contributed by atoms with van der Waals surface area (Å²) >= 11 is 0. The zero-order chi connectivity index (χ0) is 11.1. The highest BCUT2D eigenvalue weighted by Crippen LogP contribution is 2.35. The summed E-state index contributed by atoms with van der Waals surface area (Å²) in [5, 5.41) is 2.18. The largest absolute Gasteiger partial charge is 0.465 e. The van der Waals surface area contributed by atoms with Crippen molar-refractivity contribution in [2.45, 2.75) is 12.2 Å². The third-order valence-corrected chi connectivity index (χ3v) is 5.34. The number of ether oxygens (including phenoxy) is 1. The highest BCUT2D eigenvalue weighted by atomic mass is 32.2. The van der Waals surface area contributed by atoms with E-state index < -0.39 is 21.1 Å². The van der Waals surface area contributed by atoms with Crippen molar-refractivity contribution in [3.8, 4) is 0 Å². The number of nitrogens with one attached hydrogen (secondary N) is 1. The van der Waals surface area contributed by atoms with Crippen molar-refractivity contribution >= 4 is 15.8 Å². The SMILES string of the molecule is CCOC(=O)C1C2CNCC2CS1(=O)=O. The molecule has 0 saturated carbocycles. The van der Waals surface area contributed by atoms with E-state index in [1.165, 1.54) is 0 Å². The van der Waals surface area contributed by atoms with Crippen molar-refractivity contribution in [3.63, 3.8) is 0 Å². The Hall–Kier alpha value is -0.620. The van der Waals surface area contributed by atoms with Crippen molar-refractivity contribution in [1.82, 2.24) is 5.32 Å². The molecule has 0 aromatic heterocycles. The summed E-state index contributed by atoms with van der Waals surface area (Å²) in [5.41, 5.74) is 0. The van der Waals surface area contributed by atoms with Gasteiger partial charge < -0.3 is 10.1 Å². The Kier molecular flexibility index (Phi) is 2.72. The minimum absolute atomic E-state index is 0.0874. The maximum absolute atomic E-state index is 11.8. The van der Waals surface area contributed by atoms with Gasteiger partial charge in [-0.05, 0) is 19.4 Å². The van der Waals surface area contributed by atoms with Crippen molar-refractivity contribution < 1.29 is 17.9 Å². The first-order chi connectivity index (χ1) is 7.06. The molecule has 0 amide bonds. The molecule has 0 aromatic rings. The topological polar surface area (TPSA) is 72.5 Å². The molecule has 2 heterocycles. The lowest BCUT2D eigenvalue weighted by atomic mass is 9.95. The van der Waals surface area contributed by atoms with Crippen molar-refractivity contribution in [1.29, 1.82) is 0 Å². The van der Waals surface area contributed by atoms with Gasteiger partial charge in [-0.15, -0.1) is 0 Å². The molecule has 2 aliphatic heterocycles. The van der Waals surface area contributed by atoms with Crippen LogP contribution in [0.4, 0.5) is 0 Å². The monoisotopic (exact) mass is 233 g/mol. The normalized spacial score (nSPS) is 37.5. The molecule has 0 spiro atoms. The molecule has 0 aliphatic carbocycles. The van der Waals surface area contributed by atoms with Gasteiger partial charge in [0.05, 0.1) is 12.4 Å². The lowest BCUT2D eigenvalue weighted by molar-refractivity contribution is -0.143. The van der Waals surface area contributed by atoms with E-state index in [2.05, 4.69) is 5.32 Å². The maximum Gasteiger partial charge on any atom is 0.324 e. The Balaban J connectivity index is 2.23. The third kappa shape index (κ3) is 1.76. The second kappa shape index (κ2) is 3.75. The van der Waals surface area contributed by atoms with Crippen molar-refractivity contribution in [3.05, 3.63) is 0 Å². The Morgan fingerprint density at radius 3 is 2.87 bits per heavy atom. The van der Waals surface area contributed by atoms with Gasteiger partial charge in [0.2, 0.25) is 0 Å². The highest BCUT2D eigenvalue weighted by molar-refractivity contribution is 7.93. The van der Waals surface area contributed by atoms with Gasteiger partial charge in [0.25, 0.3) is 0 Å². The van der Waals surface area contributed by atoms with Crippen LogP contribution in [-0.4, -0.2) is 45.1 Å². The number of carbonyl (C=O) groups is 1. The minimum Gasteiger partial charge on any atom is -0.465 e. The average molecular weight is 233 g/mol. The van der Waals surface area contributed by atoms with Crippen LogP contribution >= 0.6 is 0 Å². The van der Waals surface area contributed by atoms with Gasteiger partial charge in [-0.3, -0.25) is 4.79 Å². The van der Waals surface area contributed by atoms with E-state index in [0.717, 1.165) is 0 Å². The van der Waals surface area contributed by atoms with Crippen molar-refractivity contribution in [2.75, 3.05) is 25.4 Å². The molecule has 3 unspecified atom stereocenters. The number of sulfone groups is 1. The van der Waals surface area contributed by atoms with Gasteiger partial charge in [0.1, 0.15) is 0 Å². The summed E-state index contributed by atoms with van der Waals surface area (Å²) in [6.07, 6.45) is 0. The van der Waals surface area contributed by atoms with Crippen LogP contribution < -0.4 is 5.32 Å². The third-order valence-electron chi connectivity index (χ3n) is 3.13. The van der Waals surface area contributed by atoms with Crippen LogP contribution in [0.5, 0.6) is 0 Å². The number of hydrogen-bond donors (Lipinski definition) is 1. The first-order valence-corrected chi connectivity index (χ1v) is 6.86. The van der Waals surface area contributed by atoms with E-state index in [1.54, 1.807) is 6.92 Å². The summed E-state index contributed by atoms with van der Waals surface area (Å²) in [4.78, 5) is 11.6. The van der Waals surface area contributed by atoms with Gasteiger partial charge in [-0.25, -0.2) is 8.42 Å². The van der Waals surface area contributed by atoms with Crippen LogP contribution in [-0.2, 0) is 19.4 Å². The van der Waals surface area contributed by atoms with E-state index in [1.807, 2.05) is 0 Å². The molecule has 2 rings (SSSR count). The lowest BCUT2D eigenvalue weighted by Crippen LogP contribution is -2.35. The quantitative estimate of drug-likeness (QED) is 0.631. The molecular weight excluding hydrogens is 218 g/mol. The molecule has 2 saturated heterocycles. The number of carbonyl (C=O) groups excluding carboxylic acids is 1. The minimum atomic E-state index is -3.28. The van der Waals surface area contributed by atoms with Crippen LogP contribution in [0.3, 0.4) is 0 Å². The predicted octanol–water partition coefficient (Wildman–Crippen LogP) is -0.818. The fourth-order valence-corrected chi connectivity index (χ4v) is 4.89. The van der Waals surface area contributed by atoms with Crippen LogP contribution in [0.25, 0.3) is 0 Å². The highest BCUT2D eigenvalue weighted by Gasteiger charge is 2.53. The second-order valence-corrected chi connectivity index (χ2v) is 6.25. The summed E-state index contributed by atoms with van der Waals surface area (Å²) in [5.74, 6) is -0.458. The predicted molar refractivity (Wildman–Crippen MR) is 54.1 cm³/mol. The summed E-state index contributed by atoms with van der Waals surface area (Å²) in [6, 6.07) is 0. The molecule has 2 aliphatic rings. The van der Waals surface area contributed by atoms with Gasteiger partial charge in [0.15, 0.2) is 15.1 Å². The second-order valence-electron chi connectivity index (χ2n) is 4.08. The molecule has 2 fully saturated rings. The molecule has 86 valence electrons. The Morgan fingerprint density at radius 1 is 1.47 bits per heavy atom. The smallest absolute Gasteiger partial charge is 0.324 e. The van der Waals surface area contributed by atoms with E-state index in [-0.39, 0.29) is 24.2 Å². The standard InChI is InChI=1S/C9H15NO4S/c1-2-14-9(11)8-7-4-10-3-6(7)5-15(8,12)13/h6-8,10H,2-5H2,1H3. The van der Waals surface area contributed by atoms with Gasteiger partial charge >= 0.3 is 5.97 Å². The van der Waals surface area contributed by atoms with Crippen LogP contribution in [0.15, 0.2) is 0 Å². The fraction of sp³-hybridized carbons (Fsp3) is 0.889. The molecule has 5 nitrogen and oxygen atoms in total. The summed E-state index contributed by atoms with van der Waals surface area (Å²) < 4.78 is 28.3. The zero-order valence-electron chi connectivity index (χ0n) is 8.60. The zero-order valence-corrected chi connectivity index (χ0v) is 9.42. The Bertz CT molecular complexity index is 364. The Morgan fingerprint density at radius 2 is 2.20 bits per heavy atom. The van der Waals surface area contributed by atoms with Gasteiger partial charge in [0, 0.05) is 12.5 Å². The molecule has 3 atom stereocenters. The molecule has 1 N–H and O–H groups in total. The summed E-state index contributed by atoms with van der Waals surface area (Å²) in [6.45, 7) is 3.21. The van der Waals surface area contributed by atoms with Crippen molar-refractivity contribution in [2.24, 2.45) is 11.8 Å². The number of fused-ring (bicyclic) bond motifs is 1. The van der Waals surface area contributed by atoms with E-state index in [0.29, 0.717) is 13.1 Å². The number of hydrogen-bond acceptors (Lipinski definition) is 5. The first-order valence-electron chi connectivity index (χ1n) is 5.15. The molecule has 6 heteroatoms. The van der Waals surface area contributed by atoms with E-state index in [9.17, 15) is 13.2 Å². The number of esters is 1. The van der Waals surface area contributed by atoms with Crippen LogP contribution in [0, 0.1) is 11.8 Å². The first kappa shape index (κ1) is 10.9. The average Bonchev–Trinajstić information content (AvgIpc) is 2.60. The van der Waals surface area contributed by atoms with E-state index in [4.69, 9.17) is 4.74 Å². The Labute approximate surface area is 89.1 Å². The van der Waals surface area contributed by atoms with Crippen LogP contribution in [0.1, 0.15) is 6.92 Å². The lowest BCUT2D eigenvalue weighted by Gasteiger charge is -2.14. The number of rotatable bonds is 2. The van der Waals surface area contributed by atoms with Gasteiger partial charge in [-0.1, -0.05) is 0 Å². The van der Waals surface area contributed by atoms with E-state index >= 15 is 0 Å². The molecule has 0 radical (unpaired) electrons. The maximum atomic E-state index is 11.8. The fourth-order valence-electron chi connectivity index (χ4n) is 2.50. The summed E-state index contributed by atoms with van der Waals surface area (Å²) in [7, 11) is -3.28. The molecule has 0 bridgehead atoms. The van der Waals surface area contributed by atoms with Gasteiger partial charge in [-0.2, -0.15) is 0 Å². The molecular formula is C9H15NO4S. The van der Waals surface area contributed by atoms with Crippen LogP contribution in [0.2, 0.25) is 0 Å². The molecule has 0 aromatic carbocycles. The molecule has 15 heavy (non-hydrogen) atoms.